The predicted octanol–water partition coefficient (Wildman–Crippen LogP) is 2.99. The molecule has 0 radical (unpaired) electrons. The molecule has 1 aliphatic carbocycles. The molecule has 0 aliphatic heterocycles. The van der Waals surface area contributed by atoms with Crippen LogP contribution in [0, 0.1) is 10.1 Å². The Morgan fingerprint density at radius 2 is 1.94 bits per heavy atom. The number of hydrogen-bond donors (Lipinski definition) is 2. The van der Waals surface area contributed by atoms with Crippen molar-refractivity contribution in [1.82, 2.24) is 0 Å². The second-order valence-electron chi connectivity index (χ2n) is 4.33. The van der Waals surface area contributed by atoms with Gasteiger partial charge in [-0.3, -0.25) is 10.1 Å². The van der Waals surface area contributed by atoms with Crippen molar-refractivity contribution in [2.45, 2.75) is 31.7 Å². The summed E-state index contributed by atoms with van der Waals surface area (Å²) >= 11 is 0. The SMILES string of the molecule is CNc1cccc(NC2CCCC2)c1[N+](=O)[O-]. The van der Waals surface area contributed by atoms with Gasteiger partial charge in [0, 0.05) is 13.1 Å². The molecular weight excluding hydrogens is 218 g/mol. The van der Waals surface area contributed by atoms with Gasteiger partial charge in [0.1, 0.15) is 11.4 Å². The average Bonchev–Trinajstić information content (AvgIpc) is 2.81. The first kappa shape index (κ1) is 11.7. The first-order chi connectivity index (χ1) is 8.22. The fourth-order valence-corrected chi connectivity index (χ4v) is 2.35. The lowest BCUT2D eigenvalue weighted by atomic mass is 10.2. The number of hydrogen-bond acceptors (Lipinski definition) is 4. The lowest BCUT2D eigenvalue weighted by molar-refractivity contribution is -0.383. The summed E-state index contributed by atoms with van der Waals surface area (Å²) in [7, 11) is 1.70. The fourth-order valence-electron chi connectivity index (χ4n) is 2.35. The van der Waals surface area contributed by atoms with E-state index in [2.05, 4.69) is 10.6 Å². The maximum atomic E-state index is 11.1. The van der Waals surface area contributed by atoms with Gasteiger partial charge in [0.15, 0.2) is 0 Å². The molecule has 0 spiro atoms. The maximum Gasteiger partial charge on any atom is 0.315 e. The van der Waals surface area contributed by atoms with Gasteiger partial charge >= 0.3 is 5.69 Å². The molecule has 1 fully saturated rings. The van der Waals surface area contributed by atoms with E-state index in [1.54, 1.807) is 19.2 Å². The van der Waals surface area contributed by atoms with E-state index in [1.165, 1.54) is 12.8 Å². The molecule has 17 heavy (non-hydrogen) atoms. The van der Waals surface area contributed by atoms with Crippen LogP contribution in [0.2, 0.25) is 0 Å². The van der Waals surface area contributed by atoms with Crippen molar-refractivity contribution in [2.24, 2.45) is 0 Å². The van der Waals surface area contributed by atoms with E-state index in [0.717, 1.165) is 12.8 Å². The quantitative estimate of drug-likeness (QED) is 0.622. The summed E-state index contributed by atoms with van der Waals surface area (Å²) in [5.41, 5.74) is 1.31. The molecule has 1 saturated carbocycles. The molecule has 2 N–H and O–H groups in total. The number of benzene rings is 1. The van der Waals surface area contributed by atoms with Gasteiger partial charge in [-0.15, -0.1) is 0 Å². The van der Waals surface area contributed by atoms with Gasteiger partial charge < -0.3 is 10.6 Å². The molecule has 0 heterocycles. The zero-order valence-electron chi connectivity index (χ0n) is 9.90. The topological polar surface area (TPSA) is 67.2 Å². The Labute approximate surface area is 100 Å². The first-order valence-corrected chi connectivity index (χ1v) is 5.94. The van der Waals surface area contributed by atoms with Crippen molar-refractivity contribution in [3.05, 3.63) is 28.3 Å². The molecular formula is C12H17N3O2. The third-order valence-electron chi connectivity index (χ3n) is 3.20. The number of nitrogens with one attached hydrogen (secondary N) is 2. The second kappa shape index (κ2) is 5.03. The molecule has 1 aliphatic rings. The van der Waals surface area contributed by atoms with Crippen LogP contribution in [0.3, 0.4) is 0 Å². The minimum atomic E-state index is -0.330. The van der Waals surface area contributed by atoms with Crippen molar-refractivity contribution < 1.29 is 4.92 Å². The minimum absolute atomic E-state index is 0.141. The van der Waals surface area contributed by atoms with Crippen molar-refractivity contribution in [1.29, 1.82) is 0 Å². The van der Waals surface area contributed by atoms with Gasteiger partial charge in [0.25, 0.3) is 0 Å². The standard InChI is InChI=1S/C12H17N3O2/c1-13-10-7-4-8-11(12(10)15(16)17)14-9-5-2-3-6-9/h4,7-9,13-14H,2-3,5-6H2,1H3. The van der Waals surface area contributed by atoms with Crippen LogP contribution >= 0.6 is 0 Å². The molecule has 5 nitrogen and oxygen atoms in total. The van der Waals surface area contributed by atoms with Crippen LogP contribution in [0.15, 0.2) is 18.2 Å². The summed E-state index contributed by atoms with van der Waals surface area (Å²) in [6.07, 6.45) is 4.61. The van der Waals surface area contributed by atoms with Crippen LogP contribution < -0.4 is 10.6 Å². The Kier molecular flexibility index (Phi) is 3.46. The van der Waals surface area contributed by atoms with Crippen molar-refractivity contribution in [3.63, 3.8) is 0 Å². The van der Waals surface area contributed by atoms with Gasteiger partial charge in [-0.05, 0) is 25.0 Å². The molecule has 0 amide bonds. The summed E-state index contributed by atoms with van der Waals surface area (Å²) in [4.78, 5) is 10.8. The highest BCUT2D eigenvalue weighted by atomic mass is 16.6. The second-order valence-corrected chi connectivity index (χ2v) is 4.33. The molecule has 0 saturated heterocycles. The number of para-hydroxylation sites is 1. The van der Waals surface area contributed by atoms with Crippen LogP contribution in [0.1, 0.15) is 25.7 Å². The molecule has 5 heteroatoms. The zero-order chi connectivity index (χ0) is 12.3. The van der Waals surface area contributed by atoms with E-state index in [1.807, 2.05) is 6.07 Å². The number of nitro benzene ring substituents is 1. The van der Waals surface area contributed by atoms with Crippen LogP contribution in [-0.2, 0) is 0 Å². The number of rotatable bonds is 4. The van der Waals surface area contributed by atoms with Crippen molar-refractivity contribution in [3.8, 4) is 0 Å². The Morgan fingerprint density at radius 3 is 2.53 bits per heavy atom. The zero-order valence-corrected chi connectivity index (χ0v) is 9.90. The van der Waals surface area contributed by atoms with Gasteiger partial charge in [-0.1, -0.05) is 18.9 Å². The predicted molar refractivity (Wildman–Crippen MR) is 68.5 cm³/mol. The summed E-state index contributed by atoms with van der Waals surface area (Å²) in [5, 5.41) is 17.2. The van der Waals surface area contributed by atoms with Crippen LogP contribution in [-0.4, -0.2) is 18.0 Å². The van der Waals surface area contributed by atoms with Gasteiger partial charge in [0.05, 0.1) is 4.92 Å². The lowest BCUT2D eigenvalue weighted by Gasteiger charge is -2.14. The van der Waals surface area contributed by atoms with Crippen LogP contribution in [0.5, 0.6) is 0 Å². The molecule has 92 valence electrons. The Morgan fingerprint density at radius 1 is 1.29 bits per heavy atom. The van der Waals surface area contributed by atoms with Crippen LogP contribution in [0.4, 0.5) is 17.1 Å². The van der Waals surface area contributed by atoms with Gasteiger partial charge in [-0.25, -0.2) is 0 Å². The van der Waals surface area contributed by atoms with E-state index >= 15 is 0 Å². The average molecular weight is 235 g/mol. The third kappa shape index (κ3) is 2.49. The van der Waals surface area contributed by atoms with E-state index in [4.69, 9.17) is 0 Å². The van der Waals surface area contributed by atoms with Gasteiger partial charge in [-0.2, -0.15) is 0 Å². The molecule has 0 bridgehead atoms. The third-order valence-corrected chi connectivity index (χ3v) is 3.20. The maximum absolute atomic E-state index is 11.1. The summed E-state index contributed by atoms with van der Waals surface area (Å²) in [5.74, 6) is 0. The van der Waals surface area contributed by atoms with E-state index in [0.29, 0.717) is 17.4 Å². The van der Waals surface area contributed by atoms with E-state index in [9.17, 15) is 10.1 Å². The highest BCUT2D eigenvalue weighted by Crippen LogP contribution is 2.34. The van der Waals surface area contributed by atoms with Crippen molar-refractivity contribution >= 4 is 17.1 Å². The molecule has 2 rings (SSSR count). The lowest BCUT2D eigenvalue weighted by Crippen LogP contribution is -2.15. The van der Waals surface area contributed by atoms with E-state index in [-0.39, 0.29) is 10.6 Å². The largest absolute Gasteiger partial charge is 0.382 e. The Bertz CT molecular complexity index is 414. The molecule has 0 aromatic heterocycles. The molecule has 0 atom stereocenters. The summed E-state index contributed by atoms with van der Waals surface area (Å²) in [6, 6.07) is 5.70. The van der Waals surface area contributed by atoms with Crippen LogP contribution in [0.25, 0.3) is 0 Å². The summed E-state index contributed by atoms with van der Waals surface area (Å²) < 4.78 is 0. The molecule has 1 aromatic carbocycles. The summed E-state index contributed by atoms with van der Waals surface area (Å²) in [6.45, 7) is 0. The number of nitrogens with zero attached hydrogens (tertiary/aromatic N) is 1. The minimum Gasteiger partial charge on any atom is -0.382 e. The van der Waals surface area contributed by atoms with E-state index < -0.39 is 0 Å². The fraction of sp³-hybridized carbons (Fsp3) is 0.500. The van der Waals surface area contributed by atoms with Gasteiger partial charge in [0.2, 0.25) is 0 Å². The number of anilines is 2. The highest BCUT2D eigenvalue weighted by Gasteiger charge is 2.22. The first-order valence-electron chi connectivity index (χ1n) is 5.94. The number of nitro groups is 1. The highest BCUT2D eigenvalue weighted by molar-refractivity contribution is 5.76. The Hall–Kier alpha value is -1.78. The monoisotopic (exact) mass is 235 g/mol. The van der Waals surface area contributed by atoms with Crippen molar-refractivity contribution in [2.75, 3.05) is 17.7 Å². The Balaban J connectivity index is 2.28. The molecule has 0 unspecified atom stereocenters. The normalized spacial score (nSPS) is 15.8. The smallest absolute Gasteiger partial charge is 0.315 e. The molecule has 1 aromatic rings.